The third-order valence-corrected chi connectivity index (χ3v) is 7.78. The van der Waals surface area contributed by atoms with Crippen molar-refractivity contribution >= 4 is 17.7 Å². The SMILES string of the molecule is CCCc1cc(C(C)(O)C(F)(F)F)ccc1Oc1ccc(C(=O)CN2C(=O)NC(C)(c3ccc(OC(C)C)cc3)C2=O)c(OC)c1. The number of carbonyl (C=O) groups is 3. The van der Waals surface area contributed by atoms with Gasteiger partial charge >= 0.3 is 12.2 Å². The van der Waals surface area contributed by atoms with Crippen LogP contribution in [0.15, 0.2) is 60.7 Å². The second kappa shape index (κ2) is 13.0. The Bertz CT molecular complexity index is 1620. The van der Waals surface area contributed by atoms with Crippen molar-refractivity contribution in [3.05, 3.63) is 82.9 Å². The van der Waals surface area contributed by atoms with Gasteiger partial charge in [-0.2, -0.15) is 13.2 Å². The number of Topliss-reactive ketones (excluding diaryl/α,β-unsaturated/α-hetero) is 1. The molecule has 2 atom stereocenters. The first-order chi connectivity index (χ1) is 21.5. The van der Waals surface area contributed by atoms with Crippen molar-refractivity contribution in [1.82, 2.24) is 10.2 Å². The average Bonchev–Trinajstić information content (AvgIpc) is 3.20. The number of nitrogens with one attached hydrogen (secondary N) is 1. The molecule has 0 spiro atoms. The topological polar surface area (TPSA) is 114 Å². The van der Waals surface area contributed by atoms with Gasteiger partial charge in [0.2, 0.25) is 0 Å². The number of rotatable bonds is 12. The minimum Gasteiger partial charge on any atom is -0.496 e. The second-order valence-corrected chi connectivity index (χ2v) is 11.7. The number of alkyl halides is 3. The molecule has 0 bridgehead atoms. The molecule has 1 aliphatic heterocycles. The Morgan fingerprint density at radius 3 is 2.24 bits per heavy atom. The molecule has 1 aliphatic rings. The number of nitrogens with zero attached hydrogens (tertiary/aromatic N) is 1. The molecule has 0 aromatic heterocycles. The quantitative estimate of drug-likeness (QED) is 0.168. The molecule has 1 saturated heterocycles. The summed E-state index contributed by atoms with van der Waals surface area (Å²) in [7, 11) is 1.34. The zero-order valence-corrected chi connectivity index (χ0v) is 26.4. The highest BCUT2D eigenvalue weighted by atomic mass is 19.4. The summed E-state index contributed by atoms with van der Waals surface area (Å²) < 4.78 is 57.3. The summed E-state index contributed by atoms with van der Waals surface area (Å²) in [4.78, 5) is 40.5. The average molecular weight is 643 g/mol. The Kier molecular flexibility index (Phi) is 9.72. The molecule has 0 radical (unpaired) electrons. The lowest BCUT2D eigenvalue weighted by Gasteiger charge is -2.27. The van der Waals surface area contributed by atoms with Crippen molar-refractivity contribution in [2.75, 3.05) is 13.7 Å². The first-order valence-corrected chi connectivity index (χ1v) is 14.7. The lowest BCUT2D eigenvalue weighted by Crippen LogP contribution is -2.41. The number of carbonyl (C=O) groups excluding carboxylic acids is 3. The number of hydrogen-bond acceptors (Lipinski definition) is 7. The molecular weight excluding hydrogens is 605 g/mol. The summed E-state index contributed by atoms with van der Waals surface area (Å²) in [6.45, 7) is 7.34. The largest absolute Gasteiger partial charge is 0.496 e. The molecule has 3 amide bonds. The summed E-state index contributed by atoms with van der Waals surface area (Å²) in [6.07, 6.45) is -3.93. The fourth-order valence-electron chi connectivity index (χ4n) is 5.11. The second-order valence-electron chi connectivity index (χ2n) is 11.7. The first kappa shape index (κ1) is 34.3. The Hall–Kier alpha value is -4.58. The van der Waals surface area contributed by atoms with Crippen molar-refractivity contribution in [3.8, 4) is 23.0 Å². The van der Waals surface area contributed by atoms with Crippen molar-refractivity contribution in [2.24, 2.45) is 0 Å². The van der Waals surface area contributed by atoms with Crippen LogP contribution in [0.4, 0.5) is 18.0 Å². The minimum absolute atomic E-state index is 0.0381. The molecule has 3 aromatic carbocycles. The predicted octanol–water partition coefficient (Wildman–Crippen LogP) is 6.65. The predicted molar refractivity (Wildman–Crippen MR) is 163 cm³/mol. The van der Waals surface area contributed by atoms with Crippen LogP contribution in [0.2, 0.25) is 0 Å². The van der Waals surface area contributed by atoms with Gasteiger partial charge < -0.3 is 24.6 Å². The molecule has 4 rings (SSSR count). The lowest BCUT2D eigenvalue weighted by molar-refractivity contribution is -0.258. The monoisotopic (exact) mass is 642 g/mol. The highest BCUT2D eigenvalue weighted by Crippen LogP contribution is 2.41. The summed E-state index contributed by atoms with van der Waals surface area (Å²) in [6, 6.07) is 14.1. The summed E-state index contributed by atoms with van der Waals surface area (Å²) in [5, 5.41) is 12.8. The molecule has 0 saturated carbocycles. The number of methoxy groups -OCH3 is 1. The molecule has 3 aromatic rings. The lowest BCUT2D eigenvalue weighted by atomic mass is 9.92. The molecule has 9 nitrogen and oxygen atoms in total. The number of urea groups is 1. The molecule has 46 heavy (non-hydrogen) atoms. The van der Waals surface area contributed by atoms with Gasteiger partial charge in [-0.15, -0.1) is 0 Å². The number of benzene rings is 3. The highest BCUT2D eigenvalue weighted by molar-refractivity contribution is 6.11. The number of aliphatic hydroxyl groups is 1. The van der Waals surface area contributed by atoms with Gasteiger partial charge in [0.05, 0.1) is 25.3 Å². The molecule has 2 unspecified atom stereocenters. The number of ether oxygens (including phenoxy) is 3. The van der Waals surface area contributed by atoms with E-state index in [4.69, 9.17) is 14.2 Å². The number of hydrogen-bond donors (Lipinski definition) is 2. The Labute approximate surface area is 265 Å². The van der Waals surface area contributed by atoms with Crippen LogP contribution in [-0.2, 0) is 22.4 Å². The van der Waals surface area contributed by atoms with E-state index in [9.17, 15) is 32.7 Å². The van der Waals surface area contributed by atoms with Crippen molar-refractivity contribution in [3.63, 3.8) is 0 Å². The zero-order valence-electron chi connectivity index (χ0n) is 26.4. The molecule has 246 valence electrons. The van der Waals surface area contributed by atoms with E-state index in [2.05, 4.69) is 5.32 Å². The minimum atomic E-state index is -4.87. The van der Waals surface area contributed by atoms with Crippen LogP contribution in [0.5, 0.6) is 23.0 Å². The van der Waals surface area contributed by atoms with E-state index in [-0.39, 0.29) is 34.5 Å². The molecular formula is C34H37F3N2O7. The van der Waals surface area contributed by atoms with E-state index in [0.29, 0.717) is 36.6 Å². The van der Waals surface area contributed by atoms with Crippen molar-refractivity contribution in [1.29, 1.82) is 0 Å². The van der Waals surface area contributed by atoms with Crippen LogP contribution < -0.4 is 19.5 Å². The highest BCUT2D eigenvalue weighted by Gasteiger charge is 2.51. The number of aryl methyl sites for hydroxylation is 1. The van der Waals surface area contributed by atoms with Crippen LogP contribution in [0.3, 0.4) is 0 Å². The first-order valence-electron chi connectivity index (χ1n) is 14.7. The Morgan fingerprint density at radius 1 is 1.00 bits per heavy atom. The summed E-state index contributed by atoms with van der Waals surface area (Å²) in [5.74, 6) is 0.0483. The van der Waals surface area contributed by atoms with Crippen LogP contribution >= 0.6 is 0 Å². The van der Waals surface area contributed by atoms with E-state index in [1.165, 1.54) is 37.4 Å². The maximum atomic E-state index is 13.4. The van der Waals surface area contributed by atoms with E-state index >= 15 is 0 Å². The number of amides is 3. The Morgan fingerprint density at radius 2 is 1.65 bits per heavy atom. The van der Waals surface area contributed by atoms with E-state index in [0.717, 1.165) is 11.0 Å². The van der Waals surface area contributed by atoms with E-state index in [1.807, 2.05) is 20.8 Å². The van der Waals surface area contributed by atoms with Crippen LogP contribution in [-0.4, -0.2) is 53.7 Å². The van der Waals surface area contributed by atoms with Crippen molar-refractivity contribution in [2.45, 2.75) is 70.9 Å². The van der Waals surface area contributed by atoms with Gasteiger partial charge in [0.15, 0.2) is 11.4 Å². The van der Waals surface area contributed by atoms with Gasteiger partial charge in [0.1, 0.15) is 28.5 Å². The maximum Gasteiger partial charge on any atom is 0.421 e. The molecule has 0 aliphatic carbocycles. The van der Waals surface area contributed by atoms with E-state index < -0.39 is 41.6 Å². The fraction of sp³-hybridized carbons (Fsp3) is 0.382. The van der Waals surface area contributed by atoms with Gasteiger partial charge in [-0.3, -0.25) is 14.5 Å². The van der Waals surface area contributed by atoms with Crippen molar-refractivity contribution < 1.29 is 46.9 Å². The third-order valence-electron chi connectivity index (χ3n) is 7.78. The van der Waals surface area contributed by atoms with Gasteiger partial charge in [-0.25, -0.2) is 4.79 Å². The van der Waals surface area contributed by atoms with Crippen LogP contribution in [0, 0.1) is 0 Å². The third kappa shape index (κ3) is 6.81. The number of imide groups is 1. The number of ketones is 1. The molecule has 12 heteroatoms. The van der Waals surface area contributed by atoms with Crippen LogP contribution in [0.25, 0.3) is 0 Å². The molecule has 2 N–H and O–H groups in total. The van der Waals surface area contributed by atoms with Gasteiger partial charge in [0, 0.05) is 6.07 Å². The summed E-state index contributed by atoms with van der Waals surface area (Å²) >= 11 is 0. The Balaban J connectivity index is 1.53. The fourth-order valence-corrected chi connectivity index (χ4v) is 5.11. The molecule has 1 fully saturated rings. The zero-order chi connectivity index (χ0) is 34.0. The standard InChI is InChI=1S/C34H37F3N2O7/c1-7-8-21-17-23(33(5,43)34(35,36)37)11-16-28(21)46-25-14-15-26(29(18-25)44-6)27(40)19-39-30(41)32(4,38-31(39)42)22-9-12-24(13-10-22)45-20(2)3/h9-18,20,43H,7-8,19H2,1-6H3,(H,38,42). The maximum absolute atomic E-state index is 13.4. The van der Waals surface area contributed by atoms with E-state index in [1.54, 1.807) is 31.2 Å². The number of halogens is 3. The molecule has 1 heterocycles. The van der Waals surface area contributed by atoms with Gasteiger partial charge in [0.25, 0.3) is 5.91 Å². The van der Waals surface area contributed by atoms with Gasteiger partial charge in [-0.05, 0) is 87.2 Å². The normalized spacial score (nSPS) is 17.9. The van der Waals surface area contributed by atoms with Crippen LogP contribution in [0.1, 0.15) is 68.1 Å². The summed E-state index contributed by atoms with van der Waals surface area (Å²) in [5.41, 5.74) is -3.69. The van der Waals surface area contributed by atoms with Gasteiger partial charge in [-0.1, -0.05) is 31.5 Å². The smallest absolute Gasteiger partial charge is 0.421 e.